The van der Waals surface area contributed by atoms with Crippen molar-refractivity contribution in [2.24, 2.45) is 5.92 Å². The first-order valence-corrected chi connectivity index (χ1v) is 5.78. The van der Waals surface area contributed by atoms with Crippen LogP contribution in [0.4, 0.5) is 0 Å². The Morgan fingerprint density at radius 1 is 1.21 bits per heavy atom. The summed E-state index contributed by atoms with van der Waals surface area (Å²) in [6.07, 6.45) is 9.78. The highest BCUT2D eigenvalue weighted by Crippen LogP contribution is 2.39. The number of fused-ring (bicyclic) bond motifs is 2. The molecule has 2 heteroatoms. The number of rotatable bonds is 1. The van der Waals surface area contributed by atoms with Crippen molar-refractivity contribution in [3.8, 4) is 0 Å². The smallest absolute Gasteiger partial charge is 0.00755 e. The van der Waals surface area contributed by atoms with E-state index in [-0.39, 0.29) is 0 Å². The number of piperidine rings is 1. The number of hydrogen-bond acceptors (Lipinski definition) is 1. The van der Waals surface area contributed by atoms with E-state index < -0.39 is 0 Å². The molecule has 2 heterocycles. The van der Waals surface area contributed by atoms with Gasteiger partial charge in [-0.1, -0.05) is 0 Å². The molecule has 1 saturated heterocycles. The summed E-state index contributed by atoms with van der Waals surface area (Å²) in [6, 6.07) is 3.04. The molecule has 2 N–H and O–H groups in total. The molecule has 3 rings (SSSR count). The van der Waals surface area contributed by atoms with E-state index in [9.17, 15) is 0 Å². The Hall–Kier alpha value is -0.760. The van der Waals surface area contributed by atoms with E-state index in [0.29, 0.717) is 0 Å². The Bertz CT molecular complexity index is 279. The van der Waals surface area contributed by atoms with Crippen molar-refractivity contribution >= 4 is 0 Å². The second kappa shape index (κ2) is 3.43. The molecule has 1 aromatic rings. The zero-order valence-electron chi connectivity index (χ0n) is 8.50. The lowest BCUT2D eigenvalue weighted by Crippen LogP contribution is -2.42. The van der Waals surface area contributed by atoms with Crippen LogP contribution < -0.4 is 5.32 Å². The van der Waals surface area contributed by atoms with Crippen LogP contribution in [0.25, 0.3) is 0 Å². The van der Waals surface area contributed by atoms with Crippen LogP contribution in [0.3, 0.4) is 0 Å². The van der Waals surface area contributed by atoms with E-state index in [0.717, 1.165) is 17.9 Å². The molecule has 2 aliphatic rings. The van der Waals surface area contributed by atoms with Gasteiger partial charge in [0.05, 0.1) is 0 Å². The first-order chi connectivity index (χ1) is 6.92. The highest BCUT2D eigenvalue weighted by atomic mass is 14.9. The fraction of sp³-hybridized carbons (Fsp3) is 0.667. The molecule has 0 amide bonds. The third-order valence-electron chi connectivity index (χ3n) is 3.88. The van der Waals surface area contributed by atoms with E-state index >= 15 is 0 Å². The predicted octanol–water partition coefficient (Wildman–Crippen LogP) is 2.26. The number of nitrogens with one attached hydrogen (secondary N) is 2. The Morgan fingerprint density at radius 3 is 3.00 bits per heavy atom. The van der Waals surface area contributed by atoms with Crippen molar-refractivity contribution in [3.63, 3.8) is 0 Å². The van der Waals surface area contributed by atoms with Crippen LogP contribution in [0.2, 0.25) is 0 Å². The minimum Gasteiger partial charge on any atom is -0.367 e. The molecule has 76 valence electrons. The van der Waals surface area contributed by atoms with Gasteiger partial charge in [0.15, 0.2) is 0 Å². The first-order valence-electron chi connectivity index (χ1n) is 5.78. The van der Waals surface area contributed by atoms with Gasteiger partial charge >= 0.3 is 0 Å². The zero-order chi connectivity index (χ0) is 9.38. The molecule has 3 atom stereocenters. The van der Waals surface area contributed by atoms with Crippen LogP contribution in [0.1, 0.15) is 37.2 Å². The molecule has 3 unspecified atom stereocenters. The van der Waals surface area contributed by atoms with E-state index in [4.69, 9.17) is 0 Å². The van der Waals surface area contributed by atoms with Gasteiger partial charge in [0.2, 0.25) is 0 Å². The van der Waals surface area contributed by atoms with Crippen LogP contribution in [0, 0.1) is 5.92 Å². The maximum Gasteiger partial charge on any atom is 0.00755 e. The lowest BCUT2D eigenvalue weighted by Gasteiger charge is -2.39. The van der Waals surface area contributed by atoms with Crippen molar-refractivity contribution in [1.29, 1.82) is 0 Å². The van der Waals surface area contributed by atoms with Crippen molar-refractivity contribution in [1.82, 2.24) is 10.3 Å². The minimum atomic E-state index is 0.794. The Kier molecular flexibility index (Phi) is 2.09. The average Bonchev–Trinajstić information content (AvgIpc) is 2.69. The zero-order valence-corrected chi connectivity index (χ0v) is 8.50. The molecule has 1 aliphatic carbocycles. The monoisotopic (exact) mass is 190 g/mol. The molecule has 0 radical (unpaired) electrons. The van der Waals surface area contributed by atoms with Gasteiger partial charge in [0.1, 0.15) is 0 Å². The van der Waals surface area contributed by atoms with Crippen molar-refractivity contribution in [3.05, 3.63) is 24.0 Å². The third-order valence-corrected chi connectivity index (χ3v) is 3.88. The van der Waals surface area contributed by atoms with Gasteiger partial charge < -0.3 is 10.3 Å². The molecule has 1 aromatic heterocycles. The molecule has 2 bridgehead atoms. The number of aromatic amines is 1. The molecule has 1 aliphatic heterocycles. The van der Waals surface area contributed by atoms with Crippen LogP contribution in [-0.2, 0) is 0 Å². The van der Waals surface area contributed by atoms with Gasteiger partial charge in [0.25, 0.3) is 0 Å². The third kappa shape index (κ3) is 1.48. The normalized spacial score (nSPS) is 37.0. The maximum absolute atomic E-state index is 3.63. The Labute approximate surface area is 85.1 Å². The summed E-state index contributed by atoms with van der Waals surface area (Å²) in [6.45, 7) is 1.25. The summed E-state index contributed by atoms with van der Waals surface area (Å²) in [4.78, 5) is 3.17. The molecular weight excluding hydrogens is 172 g/mol. The summed E-state index contributed by atoms with van der Waals surface area (Å²) in [5.41, 5.74) is 1.52. The number of aromatic nitrogens is 1. The summed E-state index contributed by atoms with van der Waals surface area (Å²) in [5, 5.41) is 3.63. The first kappa shape index (κ1) is 8.54. The molecule has 1 saturated carbocycles. The van der Waals surface area contributed by atoms with E-state index in [1.165, 1.54) is 37.8 Å². The fourth-order valence-corrected chi connectivity index (χ4v) is 3.19. The summed E-state index contributed by atoms with van der Waals surface area (Å²) in [7, 11) is 0. The van der Waals surface area contributed by atoms with Crippen LogP contribution in [0.5, 0.6) is 0 Å². The quantitative estimate of drug-likeness (QED) is 0.698. The summed E-state index contributed by atoms with van der Waals surface area (Å²) < 4.78 is 0. The van der Waals surface area contributed by atoms with Crippen LogP contribution in [-0.4, -0.2) is 17.6 Å². The predicted molar refractivity (Wildman–Crippen MR) is 57.3 cm³/mol. The van der Waals surface area contributed by atoms with Gasteiger partial charge in [-0.2, -0.15) is 0 Å². The van der Waals surface area contributed by atoms with Crippen molar-refractivity contribution in [2.45, 2.75) is 37.6 Å². The highest BCUT2D eigenvalue weighted by molar-refractivity contribution is 5.16. The summed E-state index contributed by atoms with van der Waals surface area (Å²) in [5.74, 6) is 1.78. The molecule has 0 aromatic carbocycles. The number of H-pyrrole nitrogens is 1. The van der Waals surface area contributed by atoms with Gasteiger partial charge in [0, 0.05) is 18.4 Å². The largest absolute Gasteiger partial charge is 0.367 e. The maximum atomic E-state index is 3.63. The molecule has 2 nitrogen and oxygen atoms in total. The fourth-order valence-electron chi connectivity index (χ4n) is 3.19. The highest BCUT2D eigenvalue weighted by Gasteiger charge is 2.32. The van der Waals surface area contributed by atoms with Gasteiger partial charge in [-0.25, -0.2) is 0 Å². The van der Waals surface area contributed by atoms with Gasteiger partial charge in [-0.05, 0) is 55.7 Å². The molecule has 0 spiro atoms. The van der Waals surface area contributed by atoms with Crippen LogP contribution >= 0.6 is 0 Å². The Balaban J connectivity index is 1.77. The molecule has 2 fully saturated rings. The average molecular weight is 190 g/mol. The van der Waals surface area contributed by atoms with E-state index in [2.05, 4.69) is 22.6 Å². The number of hydrogen-bond donors (Lipinski definition) is 2. The van der Waals surface area contributed by atoms with Gasteiger partial charge in [-0.15, -0.1) is 0 Å². The summed E-state index contributed by atoms with van der Waals surface area (Å²) >= 11 is 0. The molecule has 14 heavy (non-hydrogen) atoms. The second-order valence-electron chi connectivity index (χ2n) is 4.85. The van der Waals surface area contributed by atoms with Crippen molar-refractivity contribution in [2.75, 3.05) is 6.54 Å². The standard InChI is InChI=1S/C12H18N2/c1-4-14-12-6-9(1)5-11(7-12)10-2-3-13-8-10/h2-3,8-9,11-14H,1,4-7H2. The van der Waals surface area contributed by atoms with Crippen molar-refractivity contribution < 1.29 is 0 Å². The second-order valence-corrected chi connectivity index (χ2v) is 4.85. The van der Waals surface area contributed by atoms with Crippen LogP contribution in [0.15, 0.2) is 18.5 Å². The lowest BCUT2D eigenvalue weighted by atomic mass is 9.73. The lowest BCUT2D eigenvalue weighted by molar-refractivity contribution is 0.203. The molecular formula is C12H18N2. The minimum absolute atomic E-state index is 0.794. The van der Waals surface area contributed by atoms with E-state index in [1.807, 2.05) is 6.20 Å². The van der Waals surface area contributed by atoms with E-state index in [1.54, 1.807) is 0 Å². The Morgan fingerprint density at radius 2 is 2.21 bits per heavy atom. The SMILES string of the molecule is c1cc(C2CC3CCNC(C3)C2)c[nH]1. The van der Waals surface area contributed by atoms with Gasteiger partial charge in [-0.3, -0.25) is 0 Å². The topological polar surface area (TPSA) is 27.8 Å².